The van der Waals surface area contributed by atoms with Gasteiger partial charge in [-0.3, -0.25) is 4.79 Å². The number of rotatable bonds is 8. The third kappa shape index (κ3) is 5.36. The van der Waals surface area contributed by atoms with E-state index in [0.717, 1.165) is 16.5 Å². The van der Waals surface area contributed by atoms with Gasteiger partial charge in [-0.25, -0.2) is 0 Å². The lowest BCUT2D eigenvalue weighted by atomic mass is 10.1. The van der Waals surface area contributed by atoms with Gasteiger partial charge in [-0.1, -0.05) is 65.3 Å². The molecule has 0 radical (unpaired) electrons. The van der Waals surface area contributed by atoms with Crippen molar-refractivity contribution in [2.45, 2.75) is 20.0 Å². The summed E-state index contributed by atoms with van der Waals surface area (Å²) in [5, 5.41) is 2.94. The van der Waals surface area contributed by atoms with Crippen molar-refractivity contribution in [2.75, 3.05) is 11.9 Å². The van der Waals surface area contributed by atoms with Gasteiger partial charge in [0.15, 0.2) is 0 Å². The quantitative estimate of drug-likeness (QED) is 0.463. The fourth-order valence-corrected chi connectivity index (χ4v) is 3.00. The molecule has 3 rings (SSSR count). The first-order chi connectivity index (χ1) is 13.7. The molecule has 0 saturated carbocycles. The van der Waals surface area contributed by atoms with Crippen LogP contribution in [-0.2, 0) is 6.61 Å². The third-order valence-electron chi connectivity index (χ3n) is 4.02. The van der Waals surface area contributed by atoms with Crippen LogP contribution in [0.3, 0.4) is 0 Å². The van der Waals surface area contributed by atoms with Crippen LogP contribution >= 0.6 is 15.9 Å². The molecule has 0 spiro atoms. The second-order valence-electron chi connectivity index (χ2n) is 6.21. The molecule has 28 heavy (non-hydrogen) atoms. The van der Waals surface area contributed by atoms with Gasteiger partial charge in [0.1, 0.15) is 18.1 Å². The van der Waals surface area contributed by atoms with Crippen LogP contribution in [-0.4, -0.2) is 12.5 Å². The van der Waals surface area contributed by atoms with Gasteiger partial charge < -0.3 is 14.8 Å². The van der Waals surface area contributed by atoms with Crippen molar-refractivity contribution < 1.29 is 14.3 Å². The molecule has 0 atom stereocenters. The summed E-state index contributed by atoms with van der Waals surface area (Å²) in [6.45, 7) is 3.01. The monoisotopic (exact) mass is 439 g/mol. The number of hydrogen-bond donors (Lipinski definition) is 1. The number of carbonyl (C=O) groups is 1. The van der Waals surface area contributed by atoms with Crippen molar-refractivity contribution in [1.82, 2.24) is 0 Å². The molecule has 144 valence electrons. The molecule has 0 saturated heterocycles. The zero-order valence-electron chi connectivity index (χ0n) is 15.7. The largest absolute Gasteiger partial charge is 0.493 e. The van der Waals surface area contributed by atoms with Crippen molar-refractivity contribution in [3.63, 3.8) is 0 Å². The van der Waals surface area contributed by atoms with Crippen LogP contribution in [0.5, 0.6) is 11.5 Å². The van der Waals surface area contributed by atoms with Gasteiger partial charge in [-0.15, -0.1) is 0 Å². The molecule has 3 aromatic carbocycles. The SMILES string of the molecule is CCCOc1ccc(Br)cc1C(=O)Nc1ccccc1OCc1ccccc1. The molecule has 5 heteroatoms. The molecule has 3 aromatic rings. The van der Waals surface area contributed by atoms with Crippen molar-refractivity contribution in [3.8, 4) is 11.5 Å². The Bertz CT molecular complexity index is 928. The molecule has 0 aromatic heterocycles. The van der Waals surface area contributed by atoms with Crippen molar-refractivity contribution >= 4 is 27.5 Å². The molecule has 4 nitrogen and oxygen atoms in total. The Morgan fingerprint density at radius 1 is 0.929 bits per heavy atom. The first kappa shape index (κ1) is 20.0. The standard InChI is InChI=1S/C23H22BrNO3/c1-2-14-27-21-13-12-18(24)15-19(21)23(26)25-20-10-6-7-11-22(20)28-16-17-8-4-3-5-9-17/h3-13,15H,2,14,16H2,1H3,(H,25,26). The maximum atomic E-state index is 12.9. The number of ether oxygens (including phenoxy) is 2. The Morgan fingerprint density at radius 2 is 1.68 bits per heavy atom. The average molecular weight is 440 g/mol. The molecule has 0 aliphatic carbocycles. The summed E-state index contributed by atoms with van der Waals surface area (Å²) in [6.07, 6.45) is 0.868. The van der Waals surface area contributed by atoms with Crippen LogP contribution in [0, 0.1) is 0 Å². The zero-order valence-corrected chi connectivity index (χ0v) is 17.2. The molecular formula is C23H22BrNO3. The fraction of sp³-hybridized carbons (Fsp3) is 0.174. The number of carbonyl (C=O) groups excluding carboxylic acids is 1. The highest BCUT2D eigenvalue weighted by molar-refractivity contribution is 9.10. The number of benzene rings is 3. The lowest BCUT2D eigenvalue weighted by Gasteiger charge is -2.15. The van der Waals surface area contributed by atoms with Gasteiger partial charge in [-0.2, -0.15) is 0 Å². The zero-order chi connectivity index (χ0) is 19.8. The average Bonchev–Trinajstić information content (AvgIpc) is 2.73. The van der Waals surface area contributed by atoms with E-state index in [4.69, 9.17) is 9.47 Å². The number of hydrogen-bond acceptors (Lipinski definition) is 3. The second kappa shape index (κ2) is 9.95. The highest BCUT2D eigenvalue weighted by atomic mass is 79.9. The van der Waals surface area contributed by atoms with Crippen LogP contribution in [0.4, 0.5) is 5.69 Å². The minimum atomic E-state index is -0.247. The normalized spacial score (nSPS) is 10.4. The van der Waals surface area contributed by atoms with E-state index in [1.807, 2.05) is 67.6 Å². The Labute approximate surface area is 173 Å². The van der Waals surface area contributed by atoms with Gasteiger partial charge in [0, 0.05) is 4.47 Å². The Hall–Kier alpha value is -2.79. The van der Waals surface area contributed by atoms with Crippen molar-refractivity contribution in [2.24, 2.45) is 0 Å². The summed E-state index contributed by atoms with van der Waals surface area (Å²) in [7, 11) is 0. The van der Waals surface area contributed by atoms with E-state index in [1.165, 1.54) is 0 Å². The van der Waals surface area contributed by atoms with E-state index in [9.17, 15) is 4.79 Å². The minimum absolute atomic E-state index is 0.247. The second-order valence-corrected chi connectivity index (χ2v) is 7.13. The molecule has 0 fully saturated rings. The lowest BCUT2D eigenvalue weighted by molar-refractivity contribution is 0.102. The number of anilines is 1. The number of para-hydroxylation sites is 2. The topological polar surface area (TPSA) is 47.6 Å². The predicted molar refractivity (Wildman–Crippen MR) is 115 cm³/mol. The lowest BCUT2D eigenvalue weighted by Crippen LogP contribution is -2.15. The van der Waals surface area contributed by atoms with E-state index >= 15 is 0 Å². The summed E-state index contributed by atoms with van der Waals surface area (Å²) in [6, 6.07) is 22.7. The van der Waals surface area contributed by atoms with Gasteiger partial charge in [0.25, 0.3) is 5.91 Å². The first-order valence-electron chi connectivity index (χ1n) is 9.17. The van der Waals surface area contributed by atoms with Gasteiger partial charge in [0.2, 0.25) is 0 Å². The van der Waals surface area contributed by atoms with Gasteiger partial charge in [0.05, 0.1) is 17.9 Å². The number of nitrogens with one attached hydrogen (secondary N) is 1. The maximum absolute atomic E-state index is 12.9. The van der Waals surface area contributed by atoms with Crippen LogP contribution in [0.2, 0.25) is 0 Å². The molecule has 0 heterocycles. The van der Waals surface area contributed by atoms with Gasteiger partial charge in [-0.05, 0) is 42.3 Å². The van der Waals surface area contributed by atoms with E-state index in [0.29, 0.717) is 36.0 Å². The summed E-state index contributed by atoms with van der Waals surface area (Å²) in [5.74, 6) is 0.930. The molecule has 1 amide bonds. The Balaban J connectivity index is 1.77. The van der Waals surface area contributed by atoms with Crippen LogP contribution < -0.4 is 14.8 Å². The van der Waals surface area contributed by atoms with Crippen molar-refractivity contribution in [1.29, 1.82) is 0 Å². The molecule has 0 unspecified atom stereocenters. The summed E-state index contributed by atoms with van der Waals surface area (Å²) < 4.78 is 12.5. The Kier molecular flexibility index (Phi) is 7.09. The summed E-state index contributed by atoms with van der Waals surface area (Å²) >= 11 is 3.42. The van der Waals surface area contributed by atoms with E-state index in [1.54, 1.807) is 12.1 Å². The smallest absolute Gasteiger partial charge is 0.259 e. The molecule has 1 N–H and O–H groups in total. The van der Waals surface area contributed by atoms with E-state index < -0.39 is 0 Å². The fourth-order valence-electron chi connectivity index (χ4n) is 2.64. The van der Waals surface area contributed by atoms with Gasteiger partial charge >= 0.3 is 0 Å². The summed E-state index contributed by atoms with van der Waals surface area (Å²) in [4.78, 5) is 12.9. The highest BCUT2D eigenvalue weighted by Crippen LogP contribution is 2.28. The predicted octanol–water partition coefficient (Wildman–Crippen LogP) is 6.07. The highest BCUT2D eigenvalue weighted by Gasteiger charge is 2.15. The molecule has 0 aliphatic rings. The number of amides is 1. The first-order valence-corrected chi connectivity index (χ1v) is 9.96. The minimum Gasteiger partial charge on any atom is -0.493 e. The number of halogens is 1. The van der Waals surface area contributed by atoms with Crippen LogP contribution in [0.1, 0.15) is 29.3 Å². The summed E-state index contributed by atoms with van der Waals surface area (Å²) in [5.41, 5.74) is 2.15. The third-order valence-corrected chi connectivity index (χ3v) is 4.51. The van der Waals surface area contributed by atoms with E-state index in [-0.39, 0.29) is 5.91 Å². The molecule has 0 bridgehead atoms. The molecule has 0 aliphatic heterocycles. The van der Waals surface area contributed by atoms with Crippen LogP contribution in [0.25, 0.3) is 0 Å². The molecular weight excluding hydrogens is 418 g/mol. The van der Waals surface area contributed by atoms with E-state index in [2.05, 4.69) is 21.2 Å². The maximum Gasteiger partial charge on any atom is 0.259 e. The Morgan fingerprint density at radius 3 is 2.46 bits per heavy atom. The van der Waals surface area contributed by atoms with Crippen LogP contribution in [0.15, 0.2) is 77.3 Å². The van der Waals surface area contributed by atoms with Crippen molar-refractivity contribution in [3.05, 3.63) is 88.4 Å².